The molecule has 23 heavy (non-hydrogen) atoms. The Hall–Kier alpha value is -2.43. The number of anilines is 2. The van der Waals surface area contributed by atoms with E-state index in [0.29, 0.717) is 19.0 Å². The number of hydrogen-bond donors (Lipinski definition) is 0. The molecular weight excluding hydrogens is 288 g/mol. The average Bonchev–Trinajstić information content (AvgIpc) is 2.64. The van der Waals surface area contributed by atoms with Crippen molar-refractivity contribution in [3.8, 4) is 0 Å². The Bertz CT molecular complexity index is 632. The van der Waals surface area contributed by atoms with E-state index in [2.05, 4.69) is 14.9 Å². The van der Waals surface area contributed by atoms with Crippen molar-refractivity contribution in [1.82, 2.24) is 9.97 Å². The van der Waals surface area contributed by atoms with Crippen molar-refractivity contribution in [2.45, 2.75) is 19.8 Å². The number of aromatic nitrogens is 2. The third-order valence-corrected chi connectivity index (χ3v) is 4.26. The summed E-state index contributed by atoms with van der Waals surface area (Å²) in [4.78, 5) is 25.6. The largest absolute Gasteiger partial charge is 0.340 e. The smallest absolute Gasteiger partial charge is 0.231 e. The topological polar surface area (TPSA) is 49.3 Å². The number of para-hydroxylation sites is 1. The van der Waals surface area contributed by atoms with Crippen LogP contribution in [0.4, 0.5) is 11.6 Å². The van der Waals surface area contributed by atoms with Gasteiger partial charge in [-0.25, -0.2) is 9.97 Å². The van der Waals surface area contributed by atoms with Gasteiger partial charge in [0.05, 0.1) is 5.92 Å². The van der Waals surface area contributed by atoms with Gasteiger partial charge in [-0.05, 0) is 38.0 Å². The number of benzene rings is 1. The van der Waals surface area contributed by atoms with Crippen molar-refractivity contribution >= 4 is 17.5 Å². The molecule has 2 aromatic rings. The first kappa shape index (κ1) is 15.5. The van der Waals surface area contributed by atoms with Crippen LogP contribution < -0.4 is 9.80 Å². The maximum atomic E-state index is 13.0. The van der Waals surface area contributed by atoms with Crippen LogP contribution in [0.25, 0.3) is 0 Å². The van der Waals surface area contributed by atoms with Crippen LogP contribution in [0.2, 0.25) is 0 Å². The number of rotatable bonds is 4. The van der Waals surface area contributed by atoms with Gasteiger partial charge in [-0.1, -0.05) is 18.2 Å². The zero-order chi connectivity index (χ0) is 16.1. The van der Waals surface area contributed by atoms with Gasteiger partial charge >= 0.3 is 0 Å². The minimum atomic E-state index is -0.00675. The number of nitrogens with zero attached hydrogens (tertiary/aromatic N) is 4. The normalized spacial score (nSPS) is 17.8. The summed E-state index contributed by atoms with van der Waals surface area (Å²) < 4.78 is 0. The standard InChI is InChI=1S/C18H22N4O/c1-2-22(16-9-4-3-5-10-16)17(23)15-8-6-13-21(14-15)18-19-11-7-12-20-18/h3-5,7,9-12,15H,2,6,8,13-14H2,1H3. The van der Waals surface area contributed by atoms with E-state index in [1.54, 1.807) is 12.4 Å². The summed E-state index contributed by atoms with van der Waals surface area (Å²) in [7, 11) is 0. The second kappa shape index (κ2) is 7.22. The molecule has 0 saturated carbocycles. The molecule has 1 aliphatic heterocycles. The summed E-state index contributed by atoms with van der Waals surface area (Å²) in [6.45, 7) is 4.30. The molecule has 1 atom stereocenters. The average molecular weight is 310 g/mol. The summed E-state index contributed by atoms with van der Waals surface area (Å²) >= 11 is 0. The third kappa shape index (κ3) is 3.50. The maximum absolute atomic E-state index is 13.0. The highest BCUT2D eigenvalue weighted by atomic mass is 16.2. The lowest BCUT2D eigenvalue weighted by Crippen LogP contribution is -2.45. The van der Waals surface area contributed by atoms with E-state index in [9.17, 15) is 4.79 Å². The summed E-state index contributed by atoms with van der Waals surface area (Å²) in [5.74, 6) is 0.903. The molecule has 1 aliphatic rings. The van der Waals surface area contributed by atoms with Crippen LogP contribution in [-0.2, 0) is 4.79 Å². The molecule has 1 aromatic carbocycles. The first-order valence-electron chi connectivity index (χ1n) is 8.18. The second-order valence-electron chi connectivity index (χ2n) is 5.75. The summed E-state index contributed by atoms with van der Waals surface area (Å²) in [5, 5.41) is 0. The second-order valence-corrected chi connectivity index (χ2v) is 5.75. The molecule has 1 unspecified atom stereocenters. The molecule has 1 amide bonds. The predicted octanol–water partition coefficient (Wildman–Crippen LogP) is 2.75. The molecule has 1 aromatic heterocycles. The lowest BCUT2D eigenvalue weighted by atomic mass is 9.96. The third-order valence-electron chi connectivity index (χ3n) is 4.26. The maximum Gasteiger partial charge on any atom is 0.231 e. The minimum Gasteiger partial charge on any atom is -0.340 e. The summed E-state index contributed by atoms with van der Waals surface area (Å²) in [5.41, 5.74) is 0.966. The van der Waals surface area contributed by atoms with Crippen LogP contribution in [0.1, 0.15) is 19.8 Å². The quantitative estimate of drug-likeness (QED) is 0.871. The zero-order valence-electron chi connectivity index (χ0n) is 13.4. The molecule has 120 valence electrons. The van der Waals surface area contributed by atoms with E-state index in [4.69, 9.17) is 0 Å². The van der Waals surface area contributed by atoms with E-state index in [0.717, 1.165) is 25.1 Å². The molecule has 2 heterocycles. The molecule has 0 N–H and O–H groups in total. The SMILES string of the molecule is CCN(C(=O)C1CCCN(c2ncccn2)C1)c1ccccc1. The van der Waals surface area contributed by atoms with Crippen molar-refractivity contribution in [3.63, 3.8) is 0 Å². The fourth-order valence-corrected chi connectivity index (χ4v) is 3.11. The van der Waals surface area contributed by atoms with Crippen LogP contribution in [0, 0.1) is 5.92 Å². The van der Waals surface area contributed by atoms with Gasteiger partial charge in [0.1, 0.15) is 0 Å². The number of carbonyl (C=O) groups is 1. The highest BCUT2D eigenvalue weighted by Gasteiger charge is 2.30. The number of carbonyl (C=O) groups excluding carboxylic acids is 1. The summed E-state index contributed by atoms with van der Waals surface area (Å²) in [6, 6.07) is 11.7. The molecule has 0 bridgehead atoms. The molecule has 0 aliphatic carbocycles. The van der Waals surface area contributed by atoms with Crippen molar-refractivity contribution < 1.29 is 4.79 Å². The van der Waals surface area contributed by atoms with Crippen LogP contribution in [0.15, 0.2) is 48.8 Å². The Kier molecular flexibility index (Phi) is 4.86. The van der Waals surface area contributed by atoms with E-state index >= 15 is 0 Å². The van der Waals surface area contributed by atoms with Gasteiger partial charge < -0.3 is 9.80 Å². The van der Waals surface area contributed by atoms with Crippen molar-refractivity contribution in [3.05, 3.63) is 48.8 Å². The Morgan fingerprint density at radius 3 is 2.65 bits per heavy atom. The molecule has 1 fully saturated rings. The highest BCUT2D eigenvalue weighted by molar-refractivity contribution is 5.95. The van der Waals surface area contributed by atoms with Crippen molar-refractivity contribution in [2.75, 3.05) is 29.4 Å². The fraction of sp³-hybridized carbons (Fsp3) is 0.389. The van der Waals surface area contributed by atoms with Crippen LogP contribution in [0.3, 0.4) is 0 Å². The monoisotopic (exact) mass is 310 g/mol. The van der Waals surface area contributed by atoms with E-state index in [-0.39, 0.29) is 11.8 Å². The fourth-order valence-electron chi connectivity index (χ4n) is 3.11. The van der Waals surface area contributed by atoms with E-state index in [1.165, 1.54) is 0 Å². The van der Waals surface area contributed by atoms with Gasteiger partial charge in [0.25, 0.3) is 0 Å². The molecule has 3 rings (SSSR count). The highest BCUT2D eigenvalue weighted by Crippen LogP contribution is 2.24. The first-order chi connectivity index (χ1) is 11.3. The van der Waals surface area contributed by atoms with Gasteiger partial charge in [-0.2, -0.15) is 0 Å². The van der Waals surface area contributed by atoms with Crippen molar-refractivity contribution in [2.24, 2.45) is 5.92 Å². The molecule has 5 heteroatoms. The number of hydrogen-bond acceptors (Lipinski definition) is 4. The Labute approximate surface area is 137 Å². The molecule has 0 radical (unpaired) electrons. The van der Waals surface area contributed by atoms with Gasteiger partial charge in [0.2, 0.25) is 11.9 Å². The van der Waals surface area contributed by atoms with Crippen LogP contribution in [0.5, 0.6) is 0 Å². The lowest BCUT2D eigenvalue weighted by Gasteiger charge is -2.34. The van der Waals surface area contributed by atoms with Gasteiger partial charge in [0, 0.05) is 37.7 Å². The Balaban J connectivity index is 1.74. The predicted molar refractivity (Wildman–Crippen MR) is 91.4 cm³/mol. The summed E-state index contributed by atoms with van der Waals surface area (Å²) in [6.07, 6.45) is 5.40. The Morgan fingerprint density at radius 2 is 1.96 bits per heavy atom. The van der Waals surface area contributed by atoms with E-state index < -0.39 is 0 Å². The van der Waals surface area contributed by atoms with Crippen LogP contribution >= 0.6 is 0 Å². The van der Waals surface area contributed by atoms with Gasteiger partial charge in [-0.3, -0.25) is 4.79 Å². The number of piperidine rings is 1. The Morgan fingerprint density at radius 1 is 1.22 bits per heavy atom. The lowest BCUT2D eigenvalue weighted by molar-refractivity contribution is -0.122. The molecule has 0 spiro atoms. The van der Waals surface area contributed by atoms with Crippen molar-refractivity contribution in [1.29, 1.82) is 0 Å². The van der Waals surface area contributed by atoms with Gasteiger partial charge in [-0.15, -0.1) is 0 Å². The first-order valence-corrected chi connectivity index (χ1v) is 8.18. The van der Waals surface area contributed by atoms with E-state index in [1.807, 2.05) is 48.2 Å². The van der Waals surface area contributed by atoms with Crippen LogP contribution in [-0.4, -0.2) is 35.5 Å². The molecule has 1 saturated heterocycles. The van der Waals surface area contributed by atoms with Gasteiger partial charge in [0.15, 0.2) is 0 Å². The zero-order valence-corrected chi connectivity index (χ0v) is 13.4. The molecule has 5 nitrogen and oxygen atoms in total. The molecular formula is C18H22N4O. The number of amides is 1. The minimum absolute atomic E-state index is 0.00675.